The molecule has 1 amide bonds. The number of fused-ring (bicyclic) bond motifs is 1. The molecule has 0 bridgehead atoms. The lowest BCUT2D eigenvalue weighted by molar-refractivity contribution is 0.0773. The van der Waals surface area contributed by atoms with E-state index in [-0.39, 0.29) is 5.91 Å². The monoisotopic (exact) mass is 253 g/mol. The molecule has 0 aliphatic carbocycles. The largest absolute Gasteiger partial charge is 0.333 e. The second-order valence-electron chi connectivity index (χ2n) is 4.51. The van der Waals surface area contributed by atoms with Crippen molar-refractivity contribution < 1.29 is 4.79 Å². The Morgan fingerprint density at radius 3 is 2.94 bits per heavy atom. The molecule has 1 aliphatic rings. The summed E-state index contributed by atoms with van der Waals surface area (Å²) >= 11 is 5.82. The first-order chi connectivity index (χ1) is 8.08. The van der Waals surface area contributed by atoms with Crippen molar-refractivity contribution in [3.63, 3.8) is 0 Å². The van der Waals surface area contributed by atoms with Gasteiger partial charge in [0.05, 0.1) is 17.8 Å². The van der Waals surface area contributed by atoms with Crippen LogP contribution >= 0.6 is 11.6 Å². The van der Waals surface area contributed by atoms with Gasteiger partial charge in [-0.2, -0.15) is 0 Å². The Hall–Kier alpha value is -1.13. The van der Waals surface area contributed by atoms with E-state index >= 15 is 0 Å². The van der Waals surface area contributed by atoms with E-state index in [1.54, 1.807) is 12.1 Å². The van der Waals surface area contributed by atoms with Gasteiger partial charge in [0.1, 0.15) is 5.15 Å². The van der Waals surface area contributed by atoms with Crippen LogP contribution in [0.1, 0.15) is 22.5 Å². The van der Waals surface area contributed by atoms with E-state index in [0.29, 0.717) is 17.3 Å². The number of aromatic nitrogens is 1. The van der Waals surface area contributed by atoms with Gasteiger partial charge in [0, 0.05) is 6.54 Å². The minimum absolute atomic E-state index is 0.0722. The van der Waals surface area contributed by atoms with E-state index in [9.17, 15) is 4.79 Å². The summed E-state index contributed by atoms with van der Waals surface area (Å²) in [7, 11) is 4.06. The third kappa shape index (κ3) is 2.76. The van der Waals surface area contributed by atoms with E-state index in [1.807, 2.05) is 19.0 Å². The average Bonchev–Trinajstić information content (AvgIpc) is 2.55. The van der Waals surface area contributed by atoms with Crippen LogP contribution in [0, 0.1) is 0 Å². The molecular weight excluding hydrogens is 238 g/mol. The van der Waals surface area contributed by atoms with Crippen LogP contribution in [-0.2, 0) is 6.54 Å². The maximum atomic E-state index is 12.0. The molecule has 17 heavy (non-hydrogen) atoms. The number of hydrogen-bond donors (Lipinski definition) is 0. The first-order valence-electron chi connectivity index (χ1n) is 5.67. The Labute approximate surface area is 106 Å². The van der Waals surface area contributed by atoms with Crippen LogP contribution in [-0.4, -0.2) is 47.9 Å². The first kappa shape index (κ1) is 12.3. The summed E-state index contributed by atoms with van der Waals surface area (Å²) in [4.78, 5) is 20.1. The van der Waals surface area contributed by atoms with Crippen molar-refractivity contribution in [2.24, 2.45) is 0 Å². The molecule has 5 heteroatoms. The topological polar surface area (TPSA) is 36.4 Å². The van der Waals surface area contributed by atoms with Gasteiger partial charge in [-0.15, -0.1) is 0 Å². The van der Waals surface area contributed by atoms with Gasteiger partial charge in [-0.3, -0.25) is 4.79 Å². The van der Waals surface area contributed by atoms with Gasteiger partial charge in [0.15, 0.2) is 0 Å². The lowest BCUT2D eigenvalue weighted by atomic mass is 10.2. The Bertz CT molecular complexity index is 434. The molecule has 4 nitrogen and oxygen atoms in total. The zero-order valence-corrected chi connectivity index (χ0v) is 10.9. The number of pyridine rings is 1. The summed E-state index contributed by atoms with van der Waals surface area (Å²) in [5.41, 5.74) is 1.49. The van der Waals surface area contributed by atoms with E-state index in [0.717, 1.165) is 25.2 Å². The summed E-state index contributed by atoms with van der Waals surface area (Å²) in [5, 5.41) is 0.451. The van der Waals surface area contributed by atoms with Crippen LogP contribution in [0.15, 0.2) is 12.1 Å². The Morgan fingerprint density at radius 1 is 1.47 bits per heavy atom. The van der Waals surface area contributed by atoms with Gasteiger partial charge < -0.3 is 9.80 Å². The predicted molar refractivity (Wildman–Crippen MR) is 67.2 cm³/mol. The average molecular weight is 254 g/mol. The minimum atomic E-state index is 0.0722. The van der Waals surface area contributed by atoms with Gasteiger partial charge in [-0.1, -0.05) is 11.6 Å². The van der Waals surface area contributed by atoms with E-state index in [1.165, 1.54) is 0 Å². The molecule has 92 valence electrons. The number of rotatable bonds is 4. The molecule has 1 aromatic heterocycles. The summed E-state index contributed by atoms with van der Waals surface area (Å²) in [6.07, 6.45) is 0.973. The van der Waals surface area contributed by atoms with Crippen molar-refractivity contribution in [3.8, 4) is 0 Å². The molecule has 1 aromatic rings. The van der Waals surface area contributed by atoms with E-state index in [4.69, 9.17) is 11.6 Å². The summed E-state index contributed by atoms with van der Waals surface area (Å²) < 4.78 is 0. The first-order valence-corrected chi connectivity index (χ1v) is 6.05. The summed E-state index contributed by atoms with van der Waals surface area (Å²) in [5.74, 6) is 0.0722. The minimum Gasteiger partial charge on any atom is -0.333 e. The molecule has 0 fully saturated rings. The molecule has 1 aliphatic heterocycles. The zero-order chi connectivity index (χ0) is 12.4. The van der Waals surface area contributed by atoms with Gasteiger partial charge in [0.2, 0.25) is 0 Å². The number of amides is 1. The Kier molecular flexibility index (Phi) is 3.64. The van der Waals surface area contributed by atoms with Crippen molar-refractivity contribution in [2.75, 3.05) is 27.2 Å². The lowest BCUT2D eigenvalue weighted by Crippen LogP contribution is -2.27. The fourth-order valence-corrected chi connectivity index (χ4v) is 2.14. The molecule has 0 aromatic carbocycles. The lowest BCUT2D eigenvalue weighted by Gasteiger charge is -2.16. The standard InChI is InChI=1S/C12H16ClN3O/c1-15(2)6-3-7-16-8-10-9(12(16)17)4-5-11(13)14-10/h4-5H,3,6-8H2,1-2H3. The van der Waals surface area contributed by atoms with Crippen LogP contribution < -0.4 is 0 Å². The summed E-state index contributed by atoms with van der Waals surface area (Å²) in [6, 6.07) is 3.43. The van der Waals surface area contributed by atoms with E-state index < -0.39 is 0 Å². The van der Waals surface area contributed by atoms with Gasteiger partial charge in [0.25, 0.3) is 5.91 Å². The number of hydrogen-bond acceptors (Lipinski definition) is 3. The highest BCUT2D eigenvalue weighted by Gasteiger charge is 2.27. The third-order valence-electron chi connectivity index (χ3n) is 2.83. The molecule has 2 heterocycles. The number of nitrogens with zero attached hydrogens (tertiary/aromatic N) is 3. The number of carbonyl (C=O) groups is 1. The molecule has 0 unspecified atom stereocenters. The van der Waals surface area contributed by atoms with E-state index in [2.05, 4.69) is 9.88 Å². The highest BCUT2D eigenvalue weighted by atomic mass is 35.5. The van der Waals surface area contributed by atoms with Crippen molar-refractivity contribution in [1.82, 2.24) is 14.8 Å². The fourth-order valence-electron chi connectivity index (χ4n) is 1.97. The smallest absolute Gasteiger partial charge is 0.256 e. The fraction of sp³-hybridized carbons (Fsp3) is 0.500. The molecule has 0 radical (unpaired) electrons. The summed E-state index contributed by atoms with van der Waals surface area (Å²) in [6.45, 7) is 2.33. The normalized spacial score (nSPS) is 14.6. The quantitative estimate of drug-likeness (QED) is 0.766. The third-order valence-corrected chi connectivity index (χ3v) is 3.04. The molecule has 2 rings (SSSR count). The highest BCUT2D eigenvalue weighted by molar-refractivity contribution is 6.29. The molecule has 0 saturated carbocycles. The van der Waals surface area contributed by atoms with Crippen molar-refractivity contribution in [3.05, 3.63) is 28.5 Å². The maximum absolute atomic E-state index is 12.0. The molecule has 0 saturated heterocycles. The maximum Gasteiger partial charge on any atom is 0.256 e. The van der Waals surface area contributed by atoms with Gasteiger partial charge >= 0.3 is 0 Å². The van der Waals surface area contributed by atoms with Crippen LogP contribution in [0.2, 0.25) is 5.15 Å². The molecule has 0 spiro atoms. The van der Waals surface area contributed by atoms with Crippen LogP contribution in [0.5, 0.6) is 0 Å². The SMILES string of the molecule is CN(C)CCCN1Cc2nc(Cl)ccc2C1=O. The Balaban J connectivity index is 1.99. The van der Waals surface area contributed by atoms with Crippen molar-refractivity contribution in [2.45, 2.75) is 13.0 Å². The highest BCUT2D eigenvalue weighted by Crippen LogP contribution is 2.22. The van der Waals surface area contributed by atoms with Crippen LogP contribution in [0.4, 0.5) is 0 Å². The van der Waals surface area contributed by atoms with Crippen LogP contribution in [0.3, 0.4) is 0 Å². The second-order valence-corrected chi connectivity index (χ2v) is 4.90. The van der Waals surface area contributed by atoms with Crippen molar-refractivity contribution in [1.29, 1.82) is 0 Å². The zero-order valence-electron chi connectivity index (χ0n) is 10.1. The van der Waals surface area contributed by atoms with Gasteiger partial charge in [-0.05, 0) is 39.2 Å². The van der Waals surface area contributed by atoms with Crippen LogP contribution in [0.25, 0.3) is 0 Å². The molecule has 0 atom stereocenters. The van der Waals surface area contributed by atoms with Gasteiger partial charge in [-0.25, -0.2) is 4.98 Å². The Morgan fingerprint density at radius 2 is 2.24 bits per heavy atom. The predicted octanol–water partition coefficient (Wildman–Crippen LogP) is 1.64. The molecular formula is C12H16ClN3O. The second kappa shape index (κ2) is 5.02. The molecule has 0 N–H and O–H groups in total. The number of halogens is 1. The van der Waals surface area contributed by atoms with Crippen molar-refractivity contribution >= 4 is 17.5 Å². The number of carbonyl (C=O) groups excluding carboxylic acids is 1.